The summed E-state index contributed by atoms with van der Waals surface area (Å²) in [6, 6.07) is 0.0313. The zero-order chi connectivity index (χ0) is 11.8. The molecule has 5 heteroatoms. The van der Waals surface area contributed by atoms with E-state index in [4.69, 9.17) is 11.1 Å². The molecule has 88 valence electrons. The largest absolute Gasteiger partial charge is 0.388 e. The molecule has 0 heterocycles. The van der Waals surface area contributed by atoms with Crippen molar-refractivity contribution < 1.29 is 4.79 Å². The van der Waals surface area contributed by atoms with E-state index in [-0.39, 0.29) is 11.9 Å². The molecule has 0 aliphatic carbocycles. The molecule has 0 saturated carbocycles. The van der Waals surface area contributed by atoms with E-state index in [0.717, 1.165) is 0 Å². The third-order valence-electron chi connectivity index (χ3n) is 2.34. The molecular formula is C10H22N4O. The van der Waals surface area contributed by atoms with E-state index >= 15 is 0 Å². The standard InChI is InChI=1S/C10H22N4O/c1-4-13(5-2)10(15)14(6-3)8-7-9(11)12/h4-8H2,1-3H3,(H3,11,12). The smallest absolute Gasteiger partial charge is 0.319 e. The second-order valence-corrected chi connectivity index (χ2v) is 3.31. The molecule has 0 saturated heterocycles. The third kappa shape index (κ3) is 4.67. The first-order valence-corrected chi connectivity index (χ1v) is 5.43. The number of urea groups is 1. The molecule has 0 aliphatic rings. The molecule has 3 N–H and O–H groups in total. The van der Waals surface area contributed by atoms with Crippen molar-refractivity contribution in [3.8, 4) is 0 Å². The van der Waals surface area contributed by atoms with E-state index in [1.165, 1.54) is 0 Å². The van der Waals surface area contributed by atoms with Crippen molar-refractivity contribution in [1.82, 2.24) is 9.80 Å². The lowest BCUT2D eigenvalue weighted by Crippen LogP contribution is -2.44. The zero-order valence-corrected chi connectivity index (χ0v) is 9.92. The maximum absolute atomic E-state index is 11.9. The Labute approximate surface area is 91.7 Å². The van der Waals surface area contributed by atoms with Gasteiger partial charge in [0.2, 0.25) is 0 Å². The van der Waals surface area contributed by atoms with Crippen LogP contribution in [0.4, 0.5) is 4.79 Å². The highest BCUT2D eigenvalue weighted by atomic mass is 16.2. The summed E-state index contributed by atoms with van der Waals surface area (Å²) in [6.07, 6.45) is 0.445. The molecule has 0 rings (SSSR count). The normalized spacial score (nSPS) is 9.80. The summed E-state index contributed by atoms with van der Waals surface area (Å²) in [7, 11) is 0. The summed E-state index contributed by atoms with van der Waals surface area (Å²) in [5.41, 5.74) is 5.27. The Morgan fingerprint density at radius 1 is 1.13 bits per heavy atom. The first-order valence-electron chi connectivity index (χ1n) is 5.43. The van der Waals surface area contributed by atoms with Gasteiger partial charge < -0.3 is 15.5 Å². The average Bonchev–Trinajstić information content (AvgIpc) is 2.20. The maximum Gasteiger partial charge on any atom is 0.319 e. The maximum atomic E-state index is 11.9. The minimum atomic E-state index is 0.0313. The van der Waals surface area contributed by atoms with E-state index in [9.17, 15) is 4.79 Å². The Balaban J connectivity index is 4.25. The predicted molar refractivity (Wildman–Crippen MR) is 62.1 cm³/mol. The second-order valence-electron chi connectivity index (χ2n) is 3.31. The highest BCUT2D eigenvalue weighted by Crippen LogP contribution is 2.00. The van der Waals surface area contributed by atoms with Crippen molar-refractivity contribution in [1.29, 1.82) is 5.41 Å². The number of amidine groups is 1. The van der Waals surface area contributed by atoms with Gasteiger partial charge in [0.15, 0.2) is 0 Å². The van der Waals surface area contributed by atoms with Gasteiger partial charge in [-0.2, -0.15) is 0 Å². The SMILES string of the molecule is CCN(CC)C(=O)N(CC)CCC(=N)N. The molecule has 2 amide bonds. The van der Waals surface area contributed by atoms with Crippen LogP contribution in [-0.4, -0.2) is 47.8 Å². The molecule has 0 aromatic heterocycles. The molecule has 0 aliphatic heterocycles. The van der Waals surface area contributed by atoms with Gasteiger partial charge >= 0.3 is 6.03 Å². The van der Waals surface area contributed by atoms with E-state index in [0.29, 0.717) is 32.6 Å². The lowest BCUT2D eigenvalue weighted by molar-refractivity contribution is 0.161. The van der Waals surface area contributed by atoms with Gasteiger partial charge in [0.1, 0.15) is 0 Å². The fraction of sp³-hybridized carbons (Fsp3) is 0.800. The Hall–Kier alpha value is -1.26. The van der Waals surface area contributed by atoms with Gasteiger partial charge in [-0.3, -0.25) is 5.41 Å². The highest BCUT2D eigenvalue weighted by molar-refractivity contribution is 5.78. The summed E-state index contributed by atoms with van der Waals surface area (Å²) in [5, 5.41) is 7.13. The molecule has 0 unspecified atom stereocenters. The van der Waals surface area contributed by atoms with Crippen molar-refractivity contribution >= 4 is 11.9 Å². The summed E-state index contributed by atoms with van der Waals surface area (Å²) in [6.45, 7) is 8.46. The number of carbonyl (C=O) groups is 1. The van der Waals surface area contributed by atoms with Crippen LogP contribution in [0.5, 0.6) is 0 Å². The van der Waals surface area contributed by atoms with Gasteiger partial charge in [-0.25, -0.2) is 4.79 Å². The first-order chi connectivity index (χ1) is 7.06. The van der Waals surface area contributed by atoms with Gasteiger partial charge in [0.25, 0.3) is 0 Å². The molecule has 0 fully saturated rings. The molecule has 0 atom stereocenters. The average molecular weight is 214 g/mol. The van der Waals surface area contributed by atoms with Crippen LogP contribution in [0.25, 0.3) is 0 Å². The lowest BCUT2D eigenvalue weighted by Gasteiger charge is -2.28. The second kappa shape index (κ2) is 7.09. The number of carbonyl (C=O) groups excluding carboxylic acids is 1. The van der Waals surface area contributed by atoms with Crippen LogP contribution in [0.1, 0.15) is 27.2 Å². The van der Waals surface area contributed by atoms with Crippen molar-refractivity contribution in [3.63, 3.8) is 0 Å². The van der Waals surface area contributed by atoms with Gasteiger partial charge in [-0.15, -0.1) is 0 Å². The molecule has 0 bridgehead atoms. The molecule has 5 nitrogen and oxygen atoms in total. The molecule has 0 spiro atoms. The van der Waals surface area contributed by atoms with E-state index in [1.807, 2.05) is 20.8 Å². The van der Waals surface area contributed by atoms with E-state index in [1.54, 1.807) is 9.80 Å². The molecule has 0 aromatic rings. The first kappa shape index (κ1) is 13.7. The van der Waals surface area contributed by atoms with Crippen LogP contribution >= 0.6 is 0 Å². The number of rotatable bonds is 6. The van der Waals surface area contributed by atoms with Crippen molar-refractivity contribution in [2.45, 2.75) is 27.2 Å². The molecule has 0 aromatic carbocycles. The minimum Gasteiger partial charge on any atom is -0.388 e. The van der Waals surface area contributed by atoms with E-state index < -0.39 is 0 Å². The zero-order valence-electron chi connectivity index (χ0n) is 9.92. The van der Waals surface area contributed by atoms with Crippen LogP contribution in [0.2, 0.25) is 0 Å². The highest BCUT2D eigenvalue weighted by Gasteiger charge is 2.16. The number of nitrogens with one attached hydrogen (secondary N) is 1. The summed E-state index contributed by atoms with van der Waals surface area (Å²) < 4.78 is 0. The predicted octanol–water partition coefficient (Wildman–Crippen LogP) is 1.10. The number of amides is 2. The Bertz CT molecular complexity index is 213. The lowest BCUT2D eigenvalue weighted by atomic mass is 10.3. The number of nitrogens with zero attached hydrogens (tertiary/aromatic N) is 2. The monoisotopic (exact) mass is 214 g/mol. The molecule has 0 radical (unpaired) electrons. The summed E-state index contributed by atoms with van der Waals surface area (Å²) in [5.74, 6) is 0.126. The third-order valence-corrected chi connectivity index (χ3v) is 2.34. The van der Waals surface area contributed by atoms with Gasteiger partial charge in [-0.05, 0) is 20.8 Å². The van der Waals surface area contributed by atoms with Gasteiger partial charge in [0, 0.05) is 32.6 Å². The van der Waals surface area contributed by atoms with Crippen LogP contribution < -0.4 is 5.73 Å². The fourth-order valence-electron chi connectivity index (χ4n) is 1.34. The Morgan fingerprint density at radius 2 is 1.60 bits per heavy atom. The number of nitrogens with two attached hydrogens (primary N) is 1. The van der Waals surface area contributed by atoms with Crippen LogP contribution in [0, 0.1) is 5.41 Å². The molecular weight excluding hydrogens is 192 g/mol. The van der Waals surface area contributed by atoms with Crippen molar-refractivity contribution in [2.75, 3.05) is 26.2 Å². The number of hydrogen-bond donors (Lipinski definition) is 2. The van der Waals surface area contributed by atoms with Crippen LogP contribution in [-0.2, 0) is 0 Å². The van der Waals surface area contributed by atoms with Crippen LogP contribution in [0.15, 0.2) is 0 Å². The van der Waals surface area contributed by atoms with Crippen molar-refractivity contribution in [2.24, 2.45) is 5.73 Å². The Kier molecular flexibility index (Phi) is 6.49. The van der Waals surface area contributed by atoms with Crippen molar-refractivity contribution in [3.05, 3.63) is 0 Å². The topological polar surface area (TPSA) is 73.4 Å². The minimum absolute atomic E-state index is 0.0313. The van der Waals surface area contributed by atoms with Crippen LogP contribution in [0.3, 0.4) is 0 Å². The Morgan fingerprint density at radius 3 is 1.93 bits per heavy atom. The molecule has 15 heavy (non-hydrogen) atoms. The summed E-state index contributed by atoms with van der Waals surface area (Å²) >= 11 is 0. The summed E-state index contributed by atoms with van der Waals surface area (Å²) in [4.78, 5) is 15.4. The number of hydrogen-bond acceptors (Lipinski definition) is 2. The fourth-order valence-corrected chi connectivity index (χ4v) is 1.34. The van der Waals surface area contributed by atoms with E-state index in [2.05, 4.69) is 0 Å². The van der Waals surface area contributed by atoms with Gasteiger partial charge in [-0.1, -0.05) is 0 Å². The van der Waals surface area contributed by atoms with Gasteiger partial charge in [0.05, 0.1) is 5.84 Å². The quantitative estimate of drug-likeness (QED) is 0.513.